The minimum atomic E-state index is -0.463. The Labute approximate surface area is 124 Å². The van der Waals surface area contributed by atoms with E-state index in [0.717, 1.165) is 12.8 Å². The van der Waals surface area contributed by atoms with Crippen molar-refractivity contribution < 1.29 is 4.92 Å². The Morgan fingerprint density at radius 2 is 1.90 bits per heavy atom. The highest BCUT2D eigenvalue weighted by Crippen LogP contribution is 2.26. The highest BCUT2D eigenvalue weighted by Gasteiger charge is 2.22. The van der Waals surface area contributed by atoms with Crippen molar-refractivity contribution in [2.24, 2.45) is 0 Å². The molecule has 5 heteroatoms. The number of benzene rings is 1. The molecule has 2 aromatic rings. The van der Waals surface area contributed by atoms with Gasteiger partial charge in [0.2, 0.25) is 0 Å². The molecule has 1 N–H and O–H groups in total. The molecular weight excluding hydrogens is 266 g/mol. The first-order valence-corrected chi connectivity index (χ1v) is 6.89. The van der Waals surface area contributed by atoms with Crippen molar-refractivity contribution in [3.8, 4) is 0 Å². The van der Waals surface area contributed by atoms with Crippen LogP contribution in [0.1, 0.15) is 25.8 Å². The molecule has 0 bridgehead atoms. The second kappa shape index (κ2) is 6.35. The van der Waals surface area contributed by atoms with Crippen molar-refractivity contribution in [2.75, 3.05) is 5.32 Å². The molecule has 1 aromatic carbocycles. The zero-order valence-corrected chi connectivity index (χ0v) is 12.2. The molecule has 0 aliphatic heterocycles. The first-order valence-electron chi connectivity index (χ1n) is 6.89. The van der Waals surface area contributed by atoms with Crippen molar-refractivity contribution in [1.29, 1.82) is 0 Å². The van der Waals surface area contributed by atoms with Gasteiger partial charge < -0.3 is 15.4 Å². The molecule has 0 aliphatic carbocycles. The fraction of sp³-hybridized carbons (Fsp3) is 0.312. The van der Waals surface area contributed by atoms with Gasteiger partial charge in [-0.1, -0.05) is 30.3 Å². The number of pyridine rings is 1. The average molecular weight is 285 g/mol. The van der Waals surface area contributed by atoms with Gasteiger partial charge in [0.25, 0.3) is 0 Å². The molecule has 21 heavy (non-hydrogen) atoms. The highest BCUT2D eigenvalue weighted by molar-refractivity contribution is 5.57. The molecule has 0 saturated heterocycles. The van der Waals surface area contributed by atoms with Crippen LogP contribution in [0.3, 0.4) is 0 Å². The van der Waals surface area contributed by atoms with Crippen LogP contribution in [0.5, 0.6) is 0 Å². The topological polar surface area (TPSA) is 68.1 Å². The highest BCUT2D eigenvalue weighted by atomic mass is 16.6. The molecule has 0 unspecified atom stereocenters. The molecule has 0 aliphatic rings. The van der Waals surface area contributed by atoms with Crippen molar-refractivity contribution in [3.63, 3.8) is 0 Å². The number of aromatic nitrogens is 1. The molecule has 1 aromatic heterocycles. The molecule has 0 atom stereocenters. The third-order valence-electron chi connectivity index (χ3n) is 3.31. The molecule has 0 amide bonds. The standard InChI is InChI=1S/C16H19N3O2/c1-16(2,11-10-13-7-4-3-5-8-13)18-14-9-6-12-17-15(14)19(20)21/h3-9,12,18H,10-11H2,1-2H3. The fourth-order valence-corrected chi connectivity index (χ4v) is 2.17. The lowest BCUT2D eigenvalue weighted by atomic mass is 9.95. The van der Waals surface area contributed by atoms with Crippen molar-refractivity contribution in [2.45, 2.75) is 32.2 Å². The lowest BCUT2D eigenvalue weighted by molar-refractivity contribution is -0.388. The predicted molar refractivity (Wildman–Crippen MR) is 83.4 cm³/mol. The summed E-state index contributed by atoms with van der Waals surface area (Å²) >= 11 is 0. The van der Waals surface area contributed by atoms with E-state index in [-0.39, 0.29) is 11.4 Å². The van der Waals surface area contributed by atoms with Crippen LogP contribution >= 0.6 is 0 Å². The number of hydrogen-bond acceptors (Lipinski definition) is 4. The summed E-state index contributed by atoms with van der Waals surface area (Å²) in [7, 11) is 0. The second-order valence-electron chi connectivity index (χ2n) is 5.63. The van der Waals surface area contributed by atoms with E-state index >= 15 is 0 Å². The molecule has 0 saturated carbocycles. The lowest BCUT2D eigenvalue weighted by Gasteiger charge is -2.27. The first kappa shape index (κ1) is 15.0. The summed E-state index contributed by atoms with van der Waals surface area (Å²) < 4.78 is 0. The number of nitro groups is 1. The van der Waals surface area contributed by atoms with Crippen LogP contribution in [0.15, 0.2) is 48.7 Å². The van der Waals surface area contributed by atoms with E-state index in [0.29, 0.717) is 5.69 Å². The van der Waals surface area contributed by atoms with Gasteiger partial charge >= 0.3 is 5.82 Å². The zero-order chi connectivity index (χ0) is 15.3. The van der Waals surface area contributed by atoms with Gasteiger partial charge in [0.15, 0.2) is 0 Å². The Morgan fingerprint density at radius 3 is 2.57 bits per heavy atom. The molecule has 1 heterocycles. The van der Waals surface area contributed by atoms with E-state index in [9.17, 15) is 10.1 Å². The van der Waals surface area contributed by atoms with Gasteiger partial charge in [-0.25, -0.2) is 0 Å². The van der Waals surface area contributed by atoms with E-state index in [4.69, 9.17) is 0 Å². The van der Waals surface area contributed by atoms with E-state index in [1.54, 1.807) is 12.1 Å². The van der Waals surface area contributed by atoms with E-state index in [1.165, 1.54) is 11.8 Å². The Kier molecular flexibility index (Phi) is 4.52. The SMILES string of the molecule is CC(C)(CCc1ccccc1)Nc1cccnc1[N+](=O)[O-]. The van der Waals surface area contributed by atoms with Gasteiger partial charge in [-0.05, 0) is 54.3 Å². The van der Waals surface area contributed by atoms with Crippen LogP contribution in [0.4, 0.5) is 11.5 Å². The van der Waals surface area contributed by atoms with Crippen molar-refractivity contribution >= 4 is 11.5 Å². The van der Waals surface area contributed by atoms with Crippen LogP contribution < -0.4 is 5.32 Å². The van der Waals surface area contributed by atoms with Gasteiger partial charge in [-0.2, -0.15) is 0 Å². The van der Waals surface area contributed by atoms with Crippen molar-refractivity contribution in [3.05, 3.63) is 64.3 Å². The Hall–Kier alpha value is -2.43. The number of nitrogens with zero attached hydrogens (tertiary/aromatic N) is 2. The van der Waals surface area contributed by atoms with Crippen LogP contribution in [0.25, 0.3) is 0 Å². The molecular formula is C16H19N3O2. The quantitative estimate of drug-likeness (QED) is 0.647. The molecule has 110 valence electrons. The third-order valence-corrected chi connectivity index (χ3v) is 3.31. The Bertz CT molecular complexity index is 612. The average Bonchev–Trinajstić information content (AvgIpc) is 2.46. The summed E-state index contributed by atoms with van der Waals surface area (Å²) in [5.74, 6) is -0.134. The summed E-state index contributed by atoms with van der Waals surface area (Å²) in [5, 5.41) is 14.2. The van der Waals surface area contributed by atoms with E-state index < -0.39 is 4.92 Å². The second-order valence-corrected chi connectivity index (χ2v) is 5.63. The van der Waals surface area contributed by atoms with Gasteiger partial charge in [0.05, 0.1) is 0 Å². The minimum absolute atomic E-state index is 0.134. The Balaban J connectivity index is 2.05. The molecule has 0 spiro atoms. The summed E-state index contributed by atoms with van der Waals surface area (Å²) in [6, 6.07) is 13.6. The number of hydrogen-bond donors (Lipinski definition) is 1. The molecule has 2 rings (SSSR count). The predicted octanol–water partition coefficient (Wildman–Crippen LogP) is 3.81. The molecule has 0 fully saturated rings. The van der Waals surface area contributed by atoms with E-state index in [1.807, 2.05) is 32.0 Å². The minimum Gasteiger partial charge on any atom is -0.373 e. The third kappa shape index (κ3) is 4.27. The zero-order valence-electron chi connectivity index (χ0n) is 12.2. The summed E-state index contributed by atoms with van der Waals surface area (Å²) in [6.07, 6.45) is 3.21. The van der Waals surface area contributed by atoms with Gasteiger partial charge in [0.1, 0.15) is 11.9 Å². The van der Waals surface area contributed by atoms with Crippen molar-refractivity contribution in [1.82, 2.24) is 4.98 Å². The van der Waals surface area contributed by atoms with Gasteiger partial charge in [-0.3, -0.25) is 0 Å². The smallest absolute Gasteiger partial charge is 0.373 e. The normalized spacial score (nSPS) is 11.1. The van der Waals surface area contributed by atoms with Crippen LogP contribution in [-0.4, -0.2) is 15.4 Å². The molecule has 5 nitrogen and oxygen atoms in total. The maximum Gasteiger partial charge on any atom is 0.386 e. The largest absolute Gasteiger partial charge is 0.386 e. The fourth-order valence-electron chi connectivity index (χ4n) is 2.17. The van der Waals surface area contributed by atoms with E-state index in [2.05, 4.69) is 22.4 Å². The number of aryl methyl sites for hydroxylation is 1. The Morgan fingerprint density at radius 1 is 1.19 bits per heavy atom. The monoisotopic (exact) mass is 285 g/mol. The lowest BCUT2D eigenvalue weighted by Crippen LogP contribution is -2.31. The van der Waals surface area contributed by atoms with Gasteiger partial charge in [0, 0.05) is 5.54 Å². The number of anilines is 1. The van der Waals surface area contributed by atoms with Crippen LogP contribution in [0.2, 0.25) is 0 Å². The van der Waals surface area contributed by atoms with Gasteiger partial charge in [-0.15, -0.1) is 0 Å². The number of rotatable bonds is 6. The van der Waals surface area contributed by atoms with Crippen LogP contribution in [0, 0.1) is 10.1 Å². The maximum atomic E-state index is 11.0. The summed E-state index contributed by atoms with van der Waals surface area (Å²) in [4.78, 5) is 14.3. The van der Waals surface area contributed by atoms with Crippen LogP contribution in [-0.2, 0) is 6.42 Å². The number of nitrogens with one attached hydrogen (secondary N) is 1. The summed E-state index contributed by atoms with van der Waals surface area (Å²) in [5.41, 5.74) is 1.46. The summed E-state index contributed by atoms with van der Waals surface area (Å²) in [6.45, 7) is 4.07. The maximum absolute atomic E-state index is 11.0. The molecule has 0 radical (unpaired) electrons. The first-order chi connectivity index (χ1) is 9.98.